The molecule has 7 nitrogen and oxygen atoms in total. The highest BCUT2D eigenvalue weighted by Crippen LogP contribution is 2.23. The largest absolute Gasteiger partial charge is 0.483 e. The van der Waals surface area contributed by atoms with Gasteiger partial charge in [-0.2, -0.15) is 0 Å². The Kier molecular flexibility index (Phi) is 4.74. The normalized spacial score (nSPS) is 10.9. The number of aliphatic hydroxyl groups excluding tert-OH is 1. The molecule has 2 aromatic carbocycles. The van der Waals surface area contributed by atoms with Gasteiger partial charge in [-0.15, -0.1) is 0 Å². The number of para-hydroxylation sites is 2. The Hall–Kier alpha value is -3.71. The van der Waals surface area contributed by atoms with E-state index < -0.39 is 12.4 Å². The number of ether oxygens (including phenoxy) is 1. The van der Waals surface area contributed by atoms with E-state index in [-0.39, 0.29) is 12.2 Å². The van der Waals surface area contributed by atoms with E-state index in [4.69, 9.17) is 9.84 Å². The van der Waals surface area contributed by atoms with Gasteiger partial charge in [0.2, 0.25) is 0 Å². The molecule has 2 N–H and O–H groups in total. The maximum Gasteiger partial charge on any atom is 0.258 e. The molecule has 0 atom stereocenters. The van der Waals surface area contributed by atoms with E-state index in [1.165, 1.54) is 18.2 Å². The second kappa shape index (κ2) is 7.50. The van der Waals surface area contributed by atoms with Crippen LogP contribution in [0.2, 0.25) is 0 Å². The predicted molar refractivity (Wildman–Crippen MR) is 104 cm³/mol. The number of nitrogens with zero attached hydrogens (tertiary/aromatic N) is 2. The Bertz CT molecular complexity index is 1200. The second-order valence-corrected chi connectivity index (χ2v) is 6.17. The highest BCUT2D eigenvalue weighted by molar-refractivity contribution is 5.99. The molecule has 0 fully saturated rings. The van der Waals surface area contributed by atoms with Crippen LogP contribution in [0.3, 0.4) is 0 Å². The van der Waals surface area contributed by atoms with Crippen LogP contribution in [0.4, 0.5) is 0 Å². The average molecular weight is 375 g/mol. The van der Waals surface area contributed by atoms with Gasteiger partial charge in [-0.25, -0.2) is 4.98 Å². The zero-order chi connectivity index (χ0) is 19.5. The number of ketones is 1. The smallest absolute Gasteiger partial charge is 0.258 e. The van der Waals surface area contributed by atoms with Gasteiger partial charge in [-0.3, -0.25) is 9.59 Å². The average Bonchev–Trinajstić information content (AvgIpc) is 3.26. The summed E-state index contributed by atoms with van der Waals surface area (Å²) >= 11 is 0. The Balaban J connectivity index is 1.64. The van der Waals surface area contributed by atoms with Crippen molar-refractivity contribution in [1.82, 2.24) is 14.5 Å². The van der Waals surface area contributed by atoms with Gasteiger partial charge in [-0.1, -0.05) is 18.2 Å². The van der Waals surface area contributed by atoms with Crippen molar-refractivity contribution in [3.05, 3.63) is 88.7 Å². The van der Waals surface area contributed by atoms with Gasteiger partial charge in [0, 0.05) is 18.0 Å². The first-order chi connectivity index (χ1) is 13.7. The summed E-state index contributed by atoms with van der Waals surface area (Å²) in [6.07, 6.45) is 3.83. The minimum absolute atomic E-state index is 0.0572. The number of rotatable bonds is 6. The lowest BCUT2D eigenvalue weighted by Gasteiger charge is -2.12. The molecule has 0 radical (unpaired) electrons. The molecule has 2 heterocycles. The lowest BCUT2D eigenvalue weighted by Crippen LogP contribution is -2.15. The van der Waals surface area contributed by atoms with Crippen LogP contribution in [0.1, 0.15) is 16.2 Å². The van der Waals surface area contributed by atoms with Crippen LogP contribution in [0.5, 0.6) is 5.75 Å². The van der Waals surface area contributed by atoms with Crippen molar-refractivity contribution in [2.24, 2.45) is 0 Å². The molecule has 0 bridgehead atoms. The number of Topliss-reactive ketones (excluding diaryl/α,β-unsaturated/α-hetero) is 1. The van der Waals surface area contributed by atoms with Crippen LogP contribution in [-0.4, -0.2) is 32.0 Å². The number of fused-ring (bicyclic) bond motifs is 1. The Labute approximate surface area is 159 Å². The molecule has 0 aliphatic carbocycles. The fourth-order valence-corrected chi connectivity index (χ4v) is 2.95. The molecule has 0 saturated carbocycles. The summed E-state index contributed by atoms with van der Waals surface area (Å²) in [5.41, 5.74) is 1.23. The van der Waals surface area contributed by atoms with Crippen molar-refractivity contribution in [2.45, 2.75) is 6.61 Å². The van der Waals surface area contributed by atoms with Crippen molar-refractivity contribution >= 4 is 16.7 Å². The summed E-state index contributed by atoms with van der Waals surface area (Å²) in [6.45, 7) is -0.539. The van der Waals surface area contributed by atoms with E-state index in [9.17, 15) is 9.59 Å². The van der Waals surface area contributed by atoms with Crippen LogP contribution < -0.4 is 10.3 Å². The SMILES string of the molecule is O=C(CO)c1ccc2c(=O)[nH]c(COc3ccccc3-n3cccc3)nc2c1. The standard InChI is InChI=1S/C21H17N3O4/c25-12-18(26)14-7-8-15-16(11-14)22-20(23-21(15)27)13-28-19-6-2-1-5-17(19)24-9-3-4-10-24/h1-11,25H,12-13H2,(H,22,23,27). The monoisotopic (exact) mass is 375 g/mol. The third kappa shape index (κ3) is 3.43. The first-order valence-electron chi connectivity index (χ1n) is 8.68. The highest BCUT2D eigenvalue weighted by atomic mass is 16.5. The molecule has 0 amide bonds. The Morgan fingerprint density at radius 1 is 1.11 bits per heavy atom. The van der Waals surface area contributed by atoms with Gasteiger partial charge in [0.25, 0.3) is 5.56 Å². The molecular weight excluding hydrogens is 358 g/mol. The molecule has 0 aliphatic rings. The van der Waals surface area contributed by atoms with Crippen molar-refractivity contribution in [3.8, 4) is 11.4 Å². The number of hydrogen-bond donors (Lipinski definition) is 2. The maximum absolute atomic E-state index is 12.3. The van der Waals surface area contributed by atoms with Crippen molar-refractivity contribution in [1.29, 1.82) is 0 Å². The molecular formula is C21H17N3O4. The van der Waals surface area contributed by atoms with Crippen molar-refractivity contribution in [3.63, 3.8) is 0 Å². The van der Waals surface area contributed by atoms with Gasteiger partial charge in [0.05, 0.1) is 16.6 Å². The minimum atomic E-state index is -0.596. The number of carbonyl (C=O) groups excluding carboxylic acids is 1. The highest BCUT2D eigenvalue weighted by Gasteiger charge is 2.10. The number of aliphatic hydroxyl groups is 1. The van der Waals surface area contributed by atoms with E-state index in [1.807, 2.05) is 53.4 Å². The van der Waals surface area contributed by atoms with Gasteiger partial charge in [0.1, 0.15) is 24.8 Å². The van der Waals surface area contributed by atoms with Gasteiger partial charge in [0.15, 0.2) is 5.78 Å². The quantitative estimate of drug-likeness (QED) is 0.505. The van der Waals surface area contributed by atoms with Crippen molar-refractivity contribution < 1.29 is 14.6 Å². The van der Waals surface area contributed by atoms with Crippen LogP contribution in [0.15, 0.2) is 71.8 Å². The summed E-state index contributed by atoms with van der Waals surface area (Å²) in [5, 5.41) is 9.39. The number of H-pyrrole nitrogens is 1. The fraction of sp³-hybridized carbons (Fsp3) is 0.0952. The van der Waals surface area contributed by atoms with E-state index in [0.29, 0.717) is 28.0 Å². The van der Waals surface area contributed by atoms with Crippen LogP contribution >= 0.6 is 0 Å². The molecule has 0 aliphatic heterocycles. The minimum Gasteiger partial charge on any atom is -0.483 e. The molecule has 140 valence electrons. The summed E-state index contributed by atoms with van der Waals surface area (Å²) in [6, 6.07) is 15.9. The van der Waals surface area contributed by atoms with Crippen LogP contribution in [0.25, 0.3) is 16.6 Å². The third-order valence-electron chi connectivity index (χ3n) is 4.33. The summed E-state index contributed by atoms with van der Waals surface area (Å²) in [5.74, 6) is 0.557. The second-order valence-electron chi connectivity index (χ2n) is 6.17. The van der Waals surface area contributed by atoms with Gasteiger partial charge >= 0.3 is 0 Å². The van der Waals surface area contributed by atoms with E-state index in [0.717, 1.165) is 5.69 Å². The molecule has 0 unspecified atom stereocenters. The summed E-state index contributed by atoms with van der Waals surface area (Å²) in [7, 11) is 0. The number of benzene rings is 2. The molecule has 4 aromatic rings. The predicted octanol–water partition coefficient (Wildman–Crippen LogP) is 2.47. The van der Waals surface area contributed by atoms with Gasteiger partial charge < -0.3 is 19.4 Å². The topological polar surface area (TPSA) is 97.2 Å². The summed E-state index contributed by atoms with van der Waals surface area (Å²) in [4.78, 5) is 31.1. The molecule has 4 rings (SSSR count). The molecule has 28 heavy (non-hydrogen) atoms. The summed E-state index contributed by atoms with van der Waals surface area (Å²) < 4.78 is 7.82. The molecule has 0 spiro atoms. The van der Waals surface area contributed by atoms with Crippen molar-refractivity contribution in [2.75, 3.05) is 6.61 Å². The number of aromatic nitrogens is 3. The molecule has 0 saturated heterocycles. The first kappa shape index (κ1) is 17.7. The number of nitrogens with one attached hydrogen (secondary N) is 1. The number of hydrogen-bond acceptors (Lipinski definition) is 5. The maximum atomic E-state index is 12.3. The zero-order valence-corrected chi connectivity index (χ0v) is 14.8. The number of aromatic amines is 1. The molecule has 7 heteroatoms. The number of carbonyl (C=O) groups is 1. The Morgan fingerprint density at radius 3 is 2.68 bits per heavy atom. The molecule has 2 aromatic heterocycles. The van der Waals surface area contributed by atoms with E-state index in [2.05, 4.69) is 9.97 Å². The van der Waals surface area contributed by atoms with E-state index >= 15 is 0 Å². The lowest BCUT2D eigenvalue weighted by atomic mass is 10.1. The van der Waals surface area contributed by atoms with Gasteiger partial charge in [-0.05, 0) is 36.4 Å². The zero-order valence-electron chi connectivity index (χ0n) is 14.8. The van der Waals surface area contributed by atoms with E-state index in [1.54, 1.807) is 0 Å². The fourth-order valence-electron chi connectivity index (χ4n) is 2.95. The third-order valence-corrected chi connectivity index (χ3v) is 4.33. The van der Waals surface area contributed by atoms with Crippen LogP contribution in [-0.2, 0) is 6.61 Å². The Morgan fingerprint density at radius 2 is 1.89 bits per heavy atom. The lowest BCUT2D eigenvalue weighted by molar-refractivity contribution is 0.0904. The first-order valence-corrected chi connectivity index (χ1v) is 8.68. The van der Waals surface area contributed by atoms with Crippen LogP contribution in [0, 0.1) is 0 Å².